The number of hydrogen-bond donors (Lipinski definition) is 1. The molecule has 1 saturated heterocycles. The second kappa shape index (κ2) is 12.4. The summed E-state index contributed by atoms with van der Waals surface area (Å²) in [6, 6.07) is 9.73. The third kappa shape index (κ3) is 5.88. The molecule has 214 valence electrons. The topological polar surface area (TPSA) is 52.2 Å². The van der Waals surface area contributed by atoms with Crippen molar-refractivity contribution in [1.29, 1.82) is 0 Å². The monoisotopic (exact) mass is 536 g/mol. The predicted octanol–water partition coefficient (Wildman–Crippen LogP) is 6.36. The highest BCUT2D eigenvalue weighted by molar-refractivity contribution is 5.51. The highest BCUT2D eigenvalue weighted by Crippen LogP contribution is 2.48. The molecule has 0 amide bonds. The van der Waals surface area contributed by atoms with E-state index >= 15 is 0 Å². The van der Waals surface area contributed by atoms with Crippen molar-refractivity contribution in [3.63, 3.8) is 0 Å². The molecule has 0 saturated carbocycles. The lowest BCUT2D eigenvalue weighted by molar-refractivity contribution is 0.0434. The van der Waals surface area contributed by atoms with E-state index in [-0.39, 0.29) is 0 Å². The van der Waals surface area contributed by atoms with Gasteiger partial charge in [0.2, 0.25) is 0 Å². The van der Waals surface area contributed by atoms with Gasteiger partial charge in [-0.05, 0) is 103 Å². The van der Waals surface area contributed by atoms with Crippen molar-refractivity contribution in [2.75, 3.05) is 47.6 Å². The molecule has 3 aliphatic rings. The fourth-order valence-electron chi connectivity index (χ4n) is 7.09. The molecule has 0 unspecified atom stereocenters. The van der Waals surface area contributed by atoms with Crippen LogP contribution in [0.25, 0.3) is 0 Å². The molecule has 6 nitrogen and oxygen atoms in total. The number of piperidine rings is 1. The van der Waals surface area contributed by atoms with Crippen molar-refractivity contribution < 1.29 is 18.9 Å². The lowest BCUT2D eigenvalue weighted by Crippen LogP contribution is -2.46. The maximum atomic E-state index is 6.18. The molecule has 4 atom stereocenters. The van der Waals surface area contributed by atoms with Crippen LogP contribution in [0.4, 0.5) is 0 Å². The zero-order chi connectivity index (χ0) is 27.5. The molecule has 0 spiro atoms. The van der Waals surface area contributed by atoms with Gasteiger partial charge in [0.1, 0.15) is 0 Å². The zero-order valence-corrected chi connectivity index (χ0v) is 24.8. The zero-order valence-electron chi connectivity index (χ0n) is 24.8. The molecule has 0 radical (unpaired) electrons. The van der Waals surface area contributed by atoms with Crippen LogP contribution in [0.1, 0.15) is 80.8 Å². The van der Waals surface area contributed by atoms with Crippen molar-refractivity contribution in [1.82, 2.24) is 10.2 Å². The Hall–Kier alpha value is -2.44. The second-order valence-electron chi connectivity index (χ2n) is 12.1. The number of rotatable bonds is 10. The van der Waals surface area contributed by atoms with Gasteiger partial charge in [0.15, 0.2) is 23.0 Å². The molecule has 2 aromatic carbocycles. The summed E-state index contributed by atoms with van der Waals surface area (Å²) >= 11 is 0. The molecular formula is C33H48N2O4. The van der Waals surface area contributed by atoms with Gasteiger partial charge in [-0.15, -0.1) is 0 Å². The van der Waals surface area contributed by atoms with Crippen molar-refractivity contribution in [3.05, 3.63) is 46.5 Å². The summed E-state index contributed by atoms with van der Waals surface area (Å²) in [5.74, 6) is 5.40. The van der Waals surface area contributed by atoms with E-state index in [1.807, 2.05) is 0 Å². The smallest absolute Gasteiger partial charge is 0.161 e. The predicted molar refractivity (Wildman–Crippen MR) is 156 cm³/mol. The summed E-state index contributed by atoms with van der Waals surface area (Å²) in [5.41, 5.74) is 5.64. The Morgan fingerprint density at radius 1 is 0.872 bits per heavy atom. The molecule has 5 rings (SSSR count). The van der Waals surface area contributed by atoms with Gasteiger partial charge in [-0.2, -0.15) is 0 Å². The summed E-state index contributed by atoms with van der Waals surface area (Å²) in [5, 5.41) is 3.87. The lowest BCUT2D eigenvalue weighted by Gasteiger charge is -2.48. The summed E-state index contributed by atoms with van der Waals surface area (Å²) in [7, 11) is 5.23. The van der Waals surface area contributed by atoms with Crippen molar-refractivity contribution >= 4 is 0 Å². The first-order valence-electron chi connectivity index (χ1n) is 15.0. The van der Waals surface area contributed by atoms with E-state index in [2.05, 4.69) is 55.3 Å². The van der Waals surface area contributed by atoms with Crippen LogP contribution in [0.2, 0.25) is 0 Å². The number of methoxy groups -OCH3 is 3. The van der Waals surface area contributed by atoms with Crippen LogP contribution < -0.4 is 24.3 Å². The number of hydrogen-bond acceptors (Lipinski definition) is 6. The van der Waals surface area contributed by atoms with Crippen LogP contribution in [-0.4, -0.2) is 52.5 Å². The number of ether oxygens (including phenoxy) is 4. The van der Waals surface area contributed by atoms with Crippen LogP contribution in [0, 0.1) is 17.8 Å². The Morgan fingerprint density at radius 3 is 2.26 bits per heavy atom. The van der Waals surface area contributed by atoms with Crippen LogP contribution in [0.5, 0.6) is 23.0 Å². The Morgan fingerprint density at radius 2 is 1.54 bits per heavy atom. The van der Waals surface area contributed by atoms with Gasteiger partial charge in [0.05, 0.1) is 27.9 Å². The third-order valence-corrected chi connectivity index (χ3v) is 9.38. The second-order valence-corrected chi connectivity index (χ2v) is 12.1. The van der Waals surface area contributed by atoms with Crippen LogP contribution >= 0.6 is 0 Å². The van der Waals surface area contributed by atoms with Crippen molar-refractivity contribution in [2.24, 2.45) is 17.8 Å². The first-order valence-corrected chi connectivity index (χ1v) is 15.0. The molecule has 1 fully saturated rings. The standard InChI is InChI=1S/C33H48N2O4/c1-7-22-20-35-12-9-24-16-30(36-4)31(37-5)19-27(24)29(35)15-25(22)14-28-26-18-32(38-6)33(39-13-10-21(2)3)17-23(26)8-11-34-28/h16-19,21-22,25,28-29,34H,7-15,20H2,1-6H3/t22-,25-,28+,29-/m0/s1. The molecule has 0 bridgehead atoms. The minimum Gasteiger partial charge on any atom is -0.493 e. The van der Waals surface area contributed by atoms with E-state index in [9.17, 15) is 0 Å². The van der Waals surface area contributed by atoms with Gasteiger partial charge >= 0.3 is 0 Å². The van der Waals surface area contributed by atoms with E-state index < -0.39 is 0 Å². The highest BCUT2D eigenvalue weighted by atomic mass is 16.5. The van der Waals surface area contributed by atoms with Gasteiger partial charge in [-0.3, -0.25) is 4.90 Å². The lowest BCUT2D eigenvalue weighted by atomic mass is 9.72. The van der Waals surface area contributed by atoms with E-state index in [4.69, 9.17) is 18.9 Å². The number of nitrogens with one attached hydrogen (secondary N) is 1. The summed E-state index contributed by atoms with van der Waals surface area (Å²) < 4.78 is 23.3. The molecule has 39 heavy (non-hydrogen) atoms. The van der Waals surface area contributed by atoms with E-state index in [0.29, 0.717) is 29.8 Å². The fraction of sp³-hybridized carbons (Fsp3) is 0.636. The minimum atomic E-state index is 0.339. The normalized spacial score (nSPS) is 24.5. The first kappa shape index (κ1) is 28.1. The van der Waals surface area contributed by atoms with Gasteiger partial charge in [0.25, 0.3) is 0 Å². The third-order valence-electron chi connectivity index (χ3n) is 9.38. The largest absolute Gasteiger partial charge is 0.493 e. The molecule has 3 aliphatic heterocycles. The van der Waals surface area contributed by atoms with E-state index in [0.717, 1.165) is 68.4 Å². The first-order chi connectivity index (χ1) is 18.9. The van der Waals surface area contributed by atoms with Gasteiger partial charge in [-0.25, -0.2) is 0 Å². The quantitative estimate of drug-likeness (QED) is 0.381. The maximum absolute atomic E-state index is 6.18. The Bertz CT molecular complexity index is 1130. The molecule has 3 heterocycles. The van der Waals surface area contributed by atoms with Crippen molar-refractivity contribution in [2.45, 2.75) is 71.4 Å². The number of nitrogens with zero attached hydrogens (tertiary/aromatic N) is 1. The molecule has 6 heteroatoms. The minimum absolute atomic E-state index is 0.339. The van der Waals surface area contributed by atoms with Crippen molar-refractivity contribution in [3.8, 4) is 23.0 Å². The van der Waals surface area contributed by atoms with Crippen LogP contribution in [0.15, 0.2) is 24.3 Å². The molecular weight excluding hydrogens is 488 g/mol. The Kier molecular flexibility index (Phi) is 8.92. The fourth-order valence-corrected chi connectivity index (χ4v) is 7.09. The Balaban J connectivity index is 1.38. The molecule has 0 aromatic heterocycles. The number of benzene rings is 2. The summed E-state index contributed by atoms with van der Waals surface area (Å²) in [6.45, 7) is 10.9. The highest BCUT2D eigenvalue weighted by Gasteiger charge is 2.40. The van der Waals surface area contributed by atoms with Crippen LogP contribution in [0.3, 0.4) is 0 Å². The van der Waals surface area contributed by atoms with E-state index in [1.165, 1.54) is 41.6 Å². The van der Waals surface area contributed by atoms with Gasteiger partial charge < -0.3 is 24.3 Å². The molecule has 0 aliphatic carbocycles. The number of fused-ring (bicyclic) bond motifs is 4. The maximum Gasteiger partial charge on any atom is 0.161 e. The van der Waals surface area contributed by atoms with Gasteiger partial charge in [-0.1, -0.05) is 27.2 Å². The summed E-state index contributed by atoms with van der Waals surface area (Å²) in [4.78, 5) is 2.73. The average Bonchev–Trinajstić information content (AvgIpc) is 2.95. The van der Waals surface area contributed by atoms with Gasteiger partial charge in [0, 0.05) is 25.2 Å². The SMILES string of the molecule is CC[C@H]1CN2CCc3cc(OC)c(OC)cc3[C@@H]2C[C@@H]1C[C@H]1NCCc2cc(OCCC(C)C)c(OC)cc21. The molecule has 1 N–H and O–H groups in total. The average molecular weight is 537 g/mol. The summed E-state index contributed by atoms with van der Waals surface area (Å²) in [6.07, 6.45) is 6.70. The Labute approximate surface area is 235 Å². The molecule has 2 aromatic rings. The van der Waals surface area contributed by atoms with Crippen LogP contribution in [-0.2, 0) is 12.8 Å². The van der Waals surface area contributed by atoms with E-state index in [1.54, 1.807) is 21.3 Å².